The van der Waals surface area contributed by atoms with Crippen LogP contribution in [0.5, 0.6) is 11.5 Å². The highest BCUT2D eigenvalue weighted by Gasteiger charge is 2.36. The highest BCUT2D eigenvalue weighted by molar-refractivity contribution is 6.01. The number of allylic oxidation sites excluding steroid dienone is 2. The molecule has 0 aromatic heterocycles. The standard InChI is InChI=1S/C32H31N3O6/c1-4-38-27-18-22(30-25(19-33)31(34)41-21(3)29(30)32(37)39-5-2)16-17-26(27)40-20-28(36)35(23-12-8-6-9-13-23)24-14-10-7-11-15-24/h6-18,30H,4-5,20,34H2,1-3H3. The zero-order valence-corrected chi connectivity index (χ0v) is 23.1. The minimum atomic E-state index is -0.839. The number of hydrogen-bond acceptors (Lipinski definition) is 8. The topological polar surface area (TPSA) is 124 Å². The normalized spacial score (nSPS) is 14.5. The molecule has 41 heavy (non-hydrogen) atoms. The third kappa shape index (κ3) is 6.34. The summed E-state index contributed by atoms with van der Waals surface area (Å²) in [5, 5.41) is 9.88. The maximum Gasteiger partial charge on any atom is 0.338 e. The number of para-hydroxylation sites is 2. The Morgan fingerprint density at radius 1 is 0.927 bits per heavy atom. The maximum atomic E-state index is 13.5. The Morgan fingerprint density at radius 3 is 2.12 bits per heavy atom. The van der Waals surface area contributed by atoms with E-state index in [0.29, 0.717) is 35.0 Å². The van der Waals surface area contributed by atoms with Crippen molar-refractivity contribution < 1.29 is 28.5 Å². The van der Waals surface area contributed by atoms with E-state index in [0.717, 1.165) is 0 Å². The Hall–Kier alpha value is -5.23. The number of hydrogen-bond donors (Lipinski definition) is 1. The van der Waals surface area contributed by atoms with Crippen LogP contribution >= 0.6 is 0 Å². The Bertz CT molecular complexity index is 1470. The Balaban J connectivity index is 1.66. The summed E-state index contributed by atoms with van der Waals surface area (Å²) in [6.07, 6.45) is 0. The molecule has 1 heterocycles. The van der Waals surface area contributed by atoms with Gasteiger partial charge in [0.05, 0.1) is 24.7 Å². The summed E-state index contributed by atoms with van der Waals surface area (Å²) < 4.78 is 22.6. The van der Waals surface area contributed by atoms with E-state index in [9.17, 15) is 14.9 Å². The SMILES string of the molecule is CCOC(=O)C1=C(C)OC(N)=C(C#N)C1c1ccc(OCC(=O)N(c2ccccc2)c2ccccc2)c(OCC)c1. The maximum absolute atomic E-state index is 13.5. The number of carbonyl (C=O) groups is 2. The van der Waals surface area contributed by atoms with E-state index >= 15 is 0 Å². The fourth-order valence-corrected chi connectivity index (χ4v) is 4.58. The predicted octanol–water partition coefficient (Wildman–Crippen LogP) is 5.47. The second-order valence-electron chi connectivity index (χ2n) is 8.94. The lowest BCUT2D eigenvalue weighted by atomic mass is 9.83. The Morgan fingerprint density at radius 2 is 1.56 bits per heavy atom. The highest BCUT2D eigenvalue weighted by atomic mass is 16.5. The lowest BCUT2D eigenvalue weighted by Crippen LogP contribution is -2.31. The summed E-state index contributed by atoms with van der Waals surface area (Å²) in [5.41, 5.74) is 8.23. The van der Waals surface area contributed by atoms with Crippen molar-refractivity contribution in [2.75, 3.05) is 24.7 Å². The molecule has 0 saturated carbocycles. The second kappa shape index (κ2) is 13.2. The first-order valence-electron chi connectivity index (χ1n) is 13.2. The van der Waals surface area contributed by atoms with E-state index in [2.05, 4.69) is 6.07 Å². The zero-order chi connectivity index (χ0) is 29.4. The van der Waals surface area contributed by atoms with Crippen molar-refractivity contribution in [2.24, 2.45) is 5.73 Å². The number of esters is 1. The average Bonchev–Trinajstić information content (AvgIpc) is 2.97. The van der Waals surface area contributed by atoms with Crippen molar-refractivity contribution >= 4 is 23.3 Å². The van der Waals surface area contributed by atoms with Crippen molar-refractivity contribution in [1.29, 1.82) is 5.26 Å². The molecule has 0 aliphatic carbocycles. The molecular weight excluding hydrogens is 522 g/mol. The number of rotatable bonds is 10. The van der Waals surface area contributed by atoms with Gasteiger partial charge in [0.15, 0.2) is 18.1 Å². The molecule has 0 fully saturated rings. The van der Waals surface area contributed by atoms with Crippen LogP contribution in [0.2, 0.25) is 0 Å². The summed E-state index contributed by atoms with van der Waals surface area (Å²) in [5.74, 6) is -0.915. The van der Waals surface area contributed by atoms with Gasteiger partial charge >= 0.3 is 5.97 Å². The van der Waals surface area contributed by atoms with Crippen molar-refractivity contribution in [1.82, 2.24) is 0 Å². The molecule has 1 atom stereocenters. The van der Waals surface area contributed by atoms with Gasteiger partial charge in [0.1, 0.15) is 17.4 Å². The molecule has 2 N–H and O–H groups in total. The quantitative estimate of drug-likeness (QED) is 0.328. The minimum Gasteiger partial charge on any atom is -0.490 e. The van der Waals surface area contributed by atoms with Gasteiger partial charge in [0.25, 0.3) is 5.91 Å². The fourth-order valence-electron chi connectivity index (χ4n) is 4.58. The van der Waals surface area contributed by atoms with Crippen LogP contribution in [0.15, 0.2) is 102 Å². The monoisotopic (exact) mass is 553 g/mol. The van der Waals surface area contributed by atoms with Crippen LogP contribution in [0.3, 0.4) is 0 Å². The summed E-state index contributed by atoms with van der Waals surface area (Å²) >= 11 is 0. The lowest BCUT2D eigenvalue weighted by Gasteiger charge is -2.27. The van der Waals surface area contributed by atoms with Crippen molar-refractivity contribution in [3.05, 3.63) is 107 Å². The van der Waals surface area contributed by atoms with E-state index in [-0.39, 0.29) is 41.9 Å². The smallest absolute Gasteiger partial charge is 0.338 e. The summed E-state index contributed by atoms with van der Waals surface area (Å²) in [4.78, 5) is 27.9. The van der Waals surface area contributed by atoms with E-state index in [1.165, 1.54) is 0 Å². The van der Waals surface area contributed by atoms with Crippen LogP contribution in [0.1, 0.15) is 32.3 Å². The van der Waals surface area contributed by atoms with Crippen LogP contribution in [0.25, 0.3) is 0 Å². The van der Waals surface area contributed by atoms with Gasteiger partial charge < -0.3 is 24.7 Å². The Kier molecular flexibility index (Phi) is 9.28. The zero-order valence-electron chi connectivity index (χ0n) is 23.1. The number of anilines is 2. The van der Waals surface area contributed by atoms with Gasteiger partial charge in [-0.3, -0.25) is 9.69 Å². The van der Waals surface area contributed by atoms with Crippen molar-refractivity contribution in [3.8, 4) is 17.6 Å². The average molecular weight is 554 g/mol. The molecule has 1 aliphatic rings. The van der Waals surface area contributed by atoms with Crippen LogP contribution in [-0.4, -0.2) is 31.7 Å². The van der Waals surface area contributed by atoms with Gasteiger partial charge in [-0.25, -0.2) is 4.79 Å². The molecule has 3 aromatic rings. The minimum absolute atomic E-state index is 0.0753. The molecule has 9 nitrogen and oxygen atoms in total. The van der Waals surface area contributed by atoms with E-state index in [1.54, 1.807) is 36.9 Å². The summed E-state index contributed by atoms with van der Waals surface area (Å²) in [6.45, 7) is 5.29. The molecule has 0 radical (unpaired) electrons. The third-order valence-electron chi connectivity index (χ3n) is 6.33. The van der Waals surface area contributed by atoms with Gasteiger partial charge in [0.2, 0.25) is 5.88 Å². The van der Waals surface area contributed by atoms with Gasteiger partial charge in [-0.05, 0) is 62.7 Å². The first kappa shape index (κ1) is 28.8. The molecule has 210 valence electrons. The van der Waals surface area contributed by atoms with Gasteiger partial charge in [-0.1, -0.05) is 42.5 Å². The lowest BCUT2D eigenvalue weighted by molar-refractivity contribution is -0.139. The number of nitrogens with zero attached hydrogens (tertiary/aromatic N) is 2. The van der Waals surface area contributed by atoms with Gasteiger partial charge in [0, 0.05) is 11.4 Å². The largest absolute Gasteiger partial charge is 0.490 e. The molecule has 9 heteroatoms. The first-order chi connectivity index (χ1) is 19.9. The van der Waals surface area contributed by atoms with Crippen molar-refractivity contribution in [2.45, 2.75) is 26.7 Å². The molecule has 3 aromatic carbocycles. The molecule has 0 bridgehead atoms. The summed E-state index contributed by atoms with van der Waals surface area (Å²) in [6, 6.07) is 25.7. The molecule has 4 rings (SSSR count). The fraction of sp³-hybridized carbons (Fsp3) is 0.219. The number of amides is 1. The first-order valence-corrected chi connectivity index (χ1v) is 13.2. The number of ether oxygens (including phenoxy) is 4. The number of benzene rings is 3. The summed E-state index contributed by atoms with van der Waals surface area (Å²) in [7, 11) is 0. The third-order valence-corrected chi connectivity index (χ3v) is 6.33. The van der Waals surface area contributed by atoms with Gasteiger partial charge in [-0.2, -0.15) is 5.26 Å². The molecule has 1 amide bonds. The van der Waals surface area contributed by atoms with Crippen molar-refractivity contribution in [3.63, 3.8) is 0 Å². The molecule has 1 aliphatic heterocycles. The molecule has 1 unspecified atom stereocenters. The number of nitriles is 1. The number of carbonyl (C=O) groups excluding carboxylic acids is 2. The van der Waals surface area contributed by atoms with E-state index < -0.39 is 11.9 Å². The Labute approximate surface area is 239 Å². The van der Waals surface area contributed by atoms with Crippen LogP contribution < -0.4 is 20.1 Å². The predicted molar refractivity (Wildman–Crippen MR) is 153 cm³/mol. The number of nitrogens with two attached hydrogens (primary N) is 1. The highest BCUT2D eigenvalue weighted by Crippen LogP contribution is 2.42. The van der Waals surface area contributed by atoms with Crippen LogP contribution in [0, 0.1) is 11.3 Å². The molecule has 0 spiro atoms. The van der Waals surface area contributed by atoms with E-state index in [1.807, 2.05) is 67.6 Å². The van der Waals surface area contributed by atoms with Crippen LogP contribution in [-0.2, 0) is 19.1 Å². The van der Waals surface area contributed by atoms with E-state index in [4.69, 9.17) is 24.7 Å². The second-order valence-corrected chi connectivity index (χ2v) is 8.94. The molecular formula is C32H31N3O6. The van der Waals surface area contributed by atoms with Crippen LogP contribution in [0.4, 0.5) is 11.4 Å². The molecule has 0 saturated heterocycles. The van der Waals surface area contributed by atoms with Gasteiger partial charge in [-0.15, -0.1) is 0 Å².